The van der Waals surface area contributed by atoms with Gasteiger partial charge >= 0.3 is 5.97 Å². The Morgan fingerprint density at radius 2 is 1.71 bits per heavy atom. The van der Waals surface area contributed by atoms with E-state index in [9.17, 15) is 4.79 Å². The molecule has 0 N–H and O–H groups in total. The molecule has 0 unspecified atom stereocenters. The van der Waals surface area contributed by atoms with Gasteiger partial charge in [-0.1, -0.05) is 19.8 Å². The van der Waals surface area contributed by atoms with Gasteiger partial charge in [-0.05, 0) is 51.4 Å². The normalized spacial score (nSPS) is 28.5. The van der Waals surface area contributed by atoms with Crippen molar-refractivity contribution in [3.05, 3.63) is 0 Å². The van der Waals surface area contributed by atoms with Crippen LogP contribution in [0.25, 0.3) is 0 Å². The topological polar surface area (TPSA) is 38.8 Å². The molecule has 122 valence electrons. The van der Waals surface area contributed by atoms with E-state index < -0.39 is 0 Å². The van der Waals surface area contributed by atoms with Crippen LogP contribution in [0, 0.1) is 11.8 Å². The van der Waals surface area contributed by atoms with Crippen LogP contribution in [-0.4, -0.2) is 36.8 Å². The highest BCUT2D eigenvalue weighted by Gasteiger charge is 2.29. The number of hydrogen-bond acceptors (Lipinski definition) is 4. The van der Waals surface area contributed by atoms with Gasteiger partial charge in [-0.2, -0.15) is 5.06 Å². The number of carbonyl (C=O) groups excluding carboxylic acids is 1. The van der Waals surface area contributed by atoms with E-state index >= 15 is 0 Å². The predicted molar refractivity (Wildman–Crippen MR) is 82.7 cm³/mol. The molecule has 0 aromatic rings. The molecule has 1 aliphatic carbocycles. The third-order valence-electron chi connectivity index (χ3n) is 4.86. The SMILES string of the molecule is CCCC1CCC(ON2CCC(C(=O)OCC)CC2)CC1. The molecule has 0 aromatic carbocycles. The van der Waals surface area contributed by atoms with Gasteiger partial charge in [-0.3, -0.25) is 9.63 Å². The van der Waals surface area contributed by atoms with Crippen LogP contribution in [0.5, 0.6) is 0 Å². The van der Waals surface area contributed by atoms with Gasteiger partial charge in [0.15, 0.2) is 0 Å². The number of hydroxylamine groups is 2. The van der Waals surface area contributed by atoms with E-state index in [1.807, 2.05) is 6.92 Å². The van der Waals surface area contributed by atoms with Crippen LogP contribution in [0.15, 0.2) is 0 Å². The summed E-state index contributed by atoms with van der Waals surface area (Å²) in [6.07, 6.45) is 9.83. The fraction of sp³-hybridized carbons (Fsp3) is 0.941. The lowest BCUT2D eigenvalue weighted by atomic mass is 9.85. The van der Waals surface area contributed by atoms with Gasteiger partial charge < -0.3 is 4.74 Å². The molecular weight excluding hydrogens is 266 g/mol. The summed E-state index contributed by atoms with van der Waals surface area (Å²) < 4.78 is 5.10. The molecule has 21 heavy (non-hydrogen) atoms. The molecule has 0 amide bonds. The van der Waals surface area contributed by atoms with Crippen LogP contribution in [0.3, 0.4) is 0 Å². The largest absolute Gasteiger partial charge is 0.466 e. The second-order valence-electron chi connectivity index (χ2n) is 6.49. The number of carbonyl (C=O) groups is 1. The molecule has 2 aliphatic rings. The van der Waals surface area contributed by atoms with Gasteiger partial charge in [-0.15, -0.1) is 0 Å². The van der Waals surface area contributed by atoms with E-state index in [0.717, 1.165) is 31.8 Å². The third-order valence-corrected chi connectivity index (χ3v) is 4.86. The van der Waals surface area contributed by atoms with Crippen LogP contribution < -0.4 is 0 Å². The summed E-state index contributed by atoms with van der Waals surface area (Å²) in [5.74, 6) is 0.965. The zero-order chi connectivity index (χ0) is 15.1. The fourth-order valence-corrected chi connectivity index (χ4v) is 3.60. The van der Waals surface area contributed by atoms with E-state index in [4.69, 9.17) is 9.57 Å². The molecule has 1 saturated heterocycles. The van der Waals surface area contributed by atoms with E-state index in [2.05, 4.69) is 12.0 Å². The van der Waals surface area contributed by atoms with Gasteiger partial charge in [0, 0.05) is 13.1 Å². The van der Waals surface area contributed by atoms with Crippen LogP contribution >= 0.6 is 0 Å². The third kappa shape index (κ3) is 5.26. The summed E-state index contributed by atoms with van der Waals surface area (Å²) in [7, 11) is 0. The lowest BCUT2D eigenvalue weighted by molar-refractivity contribution is -0.219. The second-order valence-corrected chi connectivity index (χ2v) is 6.49. The van der Waals surface area contributed by atoms with E-state index in [1.54, 1.807) is 0 Å². The average Bonchev–Trinajstić information content (AvgIpc) is 2.50. The maximum Gasteiger partial charge on any atom is 0.309 e. The molecule has 0 radical (unpaired) electrons. The lowest BCUT2D eigenvalue weighted by Crippen LogP contribution is -2.40. The monoisotopic (exact) mass is 297 g/mol. The van der Waals surface area contributed by atoms with Crippen molar-refractivity contribution in [3.8, 4) is 0 Å². The molecule has 1 aliphatic heterocycles. The van der Waals surface area contributed by atoms with E-state index in [1.165, 1.54) is 38.5 Å². The van der Waals surface area contributed by atoms with Crippen molar-refractivity contribution in [3.63, 3.8) is 0 Å². The van der Waals surface area contributed by atoms with E-state index in [0.29, 0.717) is 12.7 Å². The molecule has 1 saturated carbocycles. The summed E-state index contributed by atoms with van der Waals surface area (Å²) in [5, 5.41) is 2.08. The Morgan fingerprint density at radius 3 is 2.29 bits per heavy atom. The molecule has 0 bridgehead atoms. The van der Waals surface area contributed by atoms with Crippen molar-refractivity contribution in [2.45, 2.75) is 71.3 Å². The Labute approximate surface area is 129 Å². The van der Waals surface area contributed by atoms with Crippen molar-refractivity contribution in [2.24, 2.45) is 11.8 Å². The Kier molecular flexibility index (Phi) is 6.97. The molecule has 2 rings (SSSR count). The van der Waals surface area contributed by atoms with Gasteiger partial charge in [0.1, 0.15) is 0 Å². The number of nitrogens with zero attached hydrogens (tertiary/aromatic N) is 1. The van der Waals surface area contributed by atoms with Gasteiger partial charge in [0.2, 0.25) is 0 Å². The minimum absolute atomic E-state index is 0.0303. The summed E-state index contributed by atoms with van der Waals surface area (Å²) in [5.41, 5.74) is 0. The molecule has 4 nitrogen and oxygen atoms in total. The summed E-state index contributed by atoms with van der Waals surface area (Å²) in [6.45, 7) is 6.34. The zero-order valence-corrected chi connectivity index (χ0v) is 13.7. The highest BCUT2D eigenvalue weighted by molar-refractivity contribution is 5.72. The fourth-order valence-electron chi connectivity index (χ4n) is 3.60. The Balaban J connectivity index is 1.64. The molecule has 4 heteroatoms. The number of ether oxygens (including phenoxy) is 1. The Morgan fingerprint density at radius 1 is 1.05 bits per heavy atom. The van der Waals surface area contributed by atoms with E-state index in [-0.39, 0.29) is 11.9 Å². The van der Waals surface area contributed by atoms with Crippen LogP contribution in [0.4, 0.5) is 0 Å². The van der Waals surface area contributed by atoms with Crippen molar-refractivity contribution in [1.29, 1.82) is 0 Å². The first-order chi connectivity index (χ1) is 10.2. The molecule has 0 atom stereocenters. The van der Waals surface area contributed by atoms with Gasteiger partial charge in [-0.25, -0.2) is 0 Å². The highest BCUT2D eigenvalue weighted by Crippen LogP contribution is 2.30. The van der Waals surface area contributed by atoms with Crippen LogP contribution in [0.1, 0.15) is 65.2 Å². The number of esters is 1. The maximum absolute atomic E-state index is 11.7. The van der Waals surface area contributed by atoms with Gasteiger partial charge in [0.05, 0.1) is 18.6 Å². The number of hydrogen-bond donors (Lipinski definition) is 0. The highest BCUT2D eigenvalue weighted by atomic mass is 16.7. The quantitative estimate of drug-likeness (QED) is 0.703. The molecule has 0 aromatic heterocycles. The van der Waals surface area contributed by atoms with Crippen molar-refractivity contribution in [1.82, 2.24) is 5.06 Å². The Bertz CT molecular complexity index is 305. The summed E-state index contributed by atoms with van der Waals surface area (Å²) in [6, 6.07) is 0. The summed E-state index contributed by atoms with van der Waals surface area (Å²) in [4.78, 5) is 17.8. The first-order valence-corrected chi connectivity index (χ1v) is 8.81. The predicted octanol–water partition coefficient (Wildman–Crippen LogP) is 3.55. The summed E-state index contributed by atoms with van der Waals surface area (Å²) >= 11 is 0. The van der Waals surface area contributed by atoms with Crippen molar-refractivity contribution in [2.75, 3.05) is 19.7 Å². The second kappa shape index (κ2) is 8.74. The van der Waals surface area contributed by atoms with Gasteiger partial charge in [0.25, 0.3) is 0 Å². The first-order valence-electron chi connectivity index (χ1n) is 8.81. The molecule has 0 spiro atoms. The molecule has 2 fully saturated rings. The first kappa shape index (κ1) is 16.8. The van der Waals surface area contributed by atoms with Crippen LogP contribution in [-0.2, 0) is 14.4 Å². The average molecular weight is 297 g/mol. The molecule has 1 heterocycles. The maximum atomic E-state index is 11.7. The van der Waals surface area contributed by atoms with Crippen molar-refractivity contribution >= 4 is 5.97 Å². The lowest BCUT2D eigenvalue weighted by Gasteiger charge is -2.35. The Hall–Kier alpha value is -0.610. The smallest absolute Gasteiger partial charge is 0.309 e. The zero-order valence-electron chi connectivity index (χ0n) is 13.7. The standard InChI is InChI=1S/C17H31NO3/c1-3-5-14-6-8-16(9-7-14)21-18-12-10-15(11-13-18)17(19)20-4-2/h14-16H,3-13H2,1-2H3. The van der Waals surface area contributed by atoms with Crippen LogP contribution in [0.2, 0.25) is 0 Å². The number of piperidine rings is 1. The minimum Gasteiger partial charge on any atom is -0.466 e. The molecular formula is C17H31NO3. The van der Waals surface area contributed by atoms with Crippen molar-refractivity contribution < 1.29 is 14.4 Å². The number of rotatable bonds is 6. The minimum atomic E-state index is -0.0303.